The van der Waals surface area contributed by atoms with E-state index in [1.807, 2.05) is 83.1 Å². The molecule has 2 aliphatic rings. The van der Waals surface area contributed by atoms with E-state index in [0.717, 1.165) is 23.1 Å². The number of para-hydroxylation sites is 1. The Morgan fingerprint density at radius 3 is 2.38 bits per heavy atom. The number of aliphatic hydroxyl groups excluding tert-OH is 1. The van der Waals surface area contributed by atoms with Crippen LogP contribution in [0.5, 0.6) is 0 Å². The zero-order valence-corrected chi connectivity index (χ0v) is 25.7. The first kappa shape index (κ1) is 29.8. The molecule has 2 atom stereocenters. The molecule has 1 unspecified atom stereocenters. The SMILES string of the molecule is CC(C)C1N(C(=O)OC(C)(C)C)CC[C@@]12C(=O)N(c1cccc(-c3ccc(CO)c(S(C)(=O)=O)c3)c1)c1ccccc12. The van der Waals surface area contributed by atoms with Gasteiger partial charge in [0.25, 0.3) is 0 Å². The second-order valence-corrected chi connectivity index (χ2v) is 14.5. The van der Waals surface area contributed by atoms with Gasteiger partial charge in [-0.2, -0.15) is 0 Å². The summed E-state index contributed by atoms with van der Waals surface area (Å²) in [7, 11) is -3.57. The van der Waals surface area contributed by atoms with Gasteiger partial charge in [-0.25, -0.2) is 13.2 Å². The number of carbonyl (C=O) groups excluding carboxylic acids is 2. The minimum atomic E-state index is -3.57. The van der Waals surface area contributed by atoms with Crippen molar-refractivity contribution in [2.75, 3.05) is 17.7 Å². The topological polar surface area (TPSA) is 104 Å². The number of hydrogen-bond acceptors (Lipinski definition) is 6. The van der Waals surface area contributed by atoms with E-state index in [2.05, 4.69) is 0 Å². The fourth-order valence-electron chi connectivity index (χ4n) is 6.59. The highest BCUT2D eigenvalue weighted by molar-refractivity contribution is 7.90. The summed E-state index contributed by atoms with van der Waals surface area (Å²) in [6.45, 7) is 9.58. The van der Waals surface area contributed by atoms with Crippen molar-refractivity contribution < 1.29 is 27.9 Å². The molecule has 1 saturated heterocycles. The number of rotatable bonds is 5. The van der Waals surface area contributed by atoms with Crippen molar-refractivity contribution in [3.63, 3.8) is 0 Å². The Bertz CT molecular complexity index is 1660. The first-order valence-electron chi connectivity index (χ1n) is 14.2. The van der Waals surface area contributed by atoms with E-state index in [9.17, 15) is 23.1 Å². The first-order chi connectivity index (χ1) is 19.7. The third-order valence-electron chi connectivity index (χ3n) is 8.13. The van der Waals surface area contributed by atoms with Crippen LogP contribution in [0.3, 0.4) is 0 Å². The maximum atomic E-state index is 14.7. The number of nitrogens with zero attached hydrogens (tertiary/aromatic N) is 2. The normalized spacial score (nSPS) is 20.5. The molecule has 1 spiro atoms. The minimum Gasteiger partial charge on any atom is -0.444 e. The van der Waals surface area contributed by atoms with E-state index in [-0.39, 0.29) is 23.3 Å². The van der Waals surface area contributed by atoms with Gasteiger partial charge in [-0.3, -0.25) is 9.69 Å². The van der Waals surface area contributed by atoms with Crippen LogP contribution in [-0.2, 0) is 31.4 Å². The van der Waals surface area contributed by atoms with Crippen LogP contribution in [-0.4, -0.2) is 54.9 Å². The van der Waals surface area contributed by atoms with E-state index < -0.39 is 33.0 Å². The fourth-order valence-corrected chi connectivity index (χ4v) is 7.54. The Hall–Kier alpha value is -3.69. The Balaban J connectivity index is 1.60. The van der Waals surface area contributed by atoms with Gasteiger partial charge in [0.15, 0.2) is 9.84 Å². The highest BCUT2D eigenvalue weighted by atomic mass is 32.2. The van der Waals surface area contributed by atoms with Crippen molar-refractivity contribution >= 4 is 33.2 Å². The molecule has 5 rings (SSSR count). The highest BCUT2D eigenvalue weighted by Gasteiger charge is 2.62. The smallest absolute Gasteiger partial charge is 0.410 e. The van der Waals surface area contributed by atoms with Crippen molar-refractivity contribution in [1.82, 2.24) is 4.90 Å². The van der Waals surface area contributed by atoms with Crippen molar-refractivity contribution in [1.29, 1.82) is 0 Å². The van der Waals surface area contributed by atoms with Crippen molar-refractivity contribution in [3.05, 3.63) is 77.9 Å². The molecule has 0 radical (unpaired) electrons. The van der Waals surface area contributed by atoms with E-state index in [0.29, 0.717) is 29.8 Å². The first-order valence-corrected chi connectivity index (χ1v) is 16.1. The van der Waals surface area contributed by atoms with Gasteiger partial charge in [0.2, 0.25) is 5.91 Å². The predicted molar refractivity (Wildman–Crippen MR) is 162 cm³/mol. The van der Waals surface area contributed by atoms with Gasteiger partial charge in [-0.05, 0) is 79.6 Å². The third kappa shape index (κ3) is 4.98. The molecule has 9 heteroatoms. The Labute approximate surface area is 247 Å². The zero-order valence-electron chi connectivity index (χ0n) is 24.9. The van der Waals surface area contributed by atoms with Crippen LogP contribution in [0, 0.1) is 5.92 Å². The number of fused-ring (bicyclic) bond motifs is 2. The van der Waals surface area contributed by atoms with Crippen LogP contribution in [0.1, 0.15) is 52.2 Å². The average Bonchev–Trinajstić information content (AvgIpc) is 3.44. The van der Waals surface area contributed by atoms with Crippen LogP contribution in [0.4, 0.5) is 16.2 Å². The molecule has 0 bridgehead atoms. The molecule has 3 aromatic rings. The maximum absolute atomic E-state index is 14.7. The van der Waals surface area contributed by atoms with Crippen molar-refractivity contribution in [2.24, 2.45) is 5.92 Å². The van der Waals surface area contributed by atoms with E-state index >= 15 is 0 Å². The predicted octanol–water partition coefficient (Wildman–Crippen LogP) is 5.83. The number of amides is 2. The van der Waals surface area contributed by atoms with E-state index in [4.69, 9.17) is 4.74 Å². The summed E-state index contributed by atoms with van der Waals surface area (Å²) in [5.41, 5.74) is 2.41. The Kier molecular flexibility index (Phi) is 7.48. The molecule has 42 heavy (non-hydrogen) atoms. The van der Waals surface area contributed by atoms with Gasteiger partial charge in [0.1, 0.15) is 5.60 Å². The van der Waals surface area contributed by atoms with Crippen LogP contribution in [0.25, 0.3) is 11.1 Å². The lowest BCUT2D eigenvalue weighted by Crippen LogP contribution is -2.53. The number of sulfone groups is 1. The molecule has 2 amide bonds. The van der Waals surface area contributed by atoms with E-state index in [1.165, 1.54) is 0 Å². The molecule has 222 valence electrons. The fraction of sp³-hybridized carbons (Fsp3) is 0.394. The lowest BCUT2D eigenvalue weighted by molar-refractivity contribution is -0.123. The molecule has 2 heterocycles. The van der Waals surface area contributed by atoms with Gasteiger partial charge >= 0.3 is 6.09 Å². The summed E-state index contributed by atoms with van der Waals surface area (Å²) in [4.78, 5) is 31.6. The number of hydrogen-bond donors (Lipinski definition) is 1. The van der Waals surface area contributed by atoms with Crippen LogP contribution < -0.4 is 4.90 Å². The Morgan fingerprint density at radius 2 is 1.74 bits per heavy atom. The molecule has 3 aromatic carbocycles. The summed E-state index contributed by atoms with van der Waals surface area (Å²) < 4.78 is 30.6. The summed E-state index contributed by atoms with van der Waals surface area (Å²) in [5.74, 6) is -0.124. The lowest BCUT2D eigenvalue weighted by atomic mass is 9.71. The summed E-state index contributed by atoms with van der Waals surface area (Å²) >= 11 is 0. The van der Waals surface area contributed by atoms with Crippen LogP contribution in [0.15, 0.2) is 71.6 Å². The summed E-state index contributed by atoms with van der Waals surface area (Å²) in [6, 6.07) is 19.7. The molecule has 0 aliphatic carbocycles. The number of benzene rings is 3. The summed E-state index contributed by atoms with van der Waals surface area (Å²) in [5, 5.41) is 9.68. The maximum Gasteiger partial charge on any atom is 0.410 e. The number of likely N-dealkylation sites (tertiary alicyclic amines) is 1. The Morgan fingerprint density at radius 1 is 1.05 bits per heavy atom. The second kappa shape index (κ2) is 10.5. The van der Waals surface area contributed by atoms with Crippen LogP contribution in [0.2, 0.25) is 0 Å². The molecule has 8 nitrogen and oxygen atoms in total. The number of carbonyl (C=O) groups is 2. The van der Waals surface area contributed by atoms with Gasteiger partial charge in [0, 0.05) is 18.5 Å². The molecular weight excluding hydrogens is 552 g/mol. The largest absolute Gasteiger partial charge is 0.444 e. The van der Waals surface area contributed by atoms with Gasteiger partial charge in [0.05, 0.1) is 28.6 Å². The van der Waals surface area contributed by atoms with Crippen molar-refractivity contribution in [3.8, 4) is 11.1 Å². The number of anilines is 2. The van der Waals surface area contributed by atoms with Gasteiger partial charge in [-0.15, -0.1) is 0 Å². The van der Waals surface area contributed by atoms with Gasteiger partial charge in [-0.1, -0.05) is 56.3 Å². The number of aliphatic hydroxyl groups is 1. The van der Waals surface area contributed by atoms with Crippen molar-refractivity contribution in [2.45, 2.75) is 69.6 Å². The van der Waals surface area contributed by atoms with E-state index in [1.54, 1.807) is 28.0 Å². The molecule has 1 N–H and O–H groups in total. The quantitative estimate of drug-likeness (QED) is 0.401. The zero-order chi connectivity index (χ0) is 30.6. The molecule has 0 aromatic heterocycles. The highest BCUT2D eigenvalue weighted by Crippen LogP contribution is 2.54. The molecule has 2 aliphatic heterocycles. The molecule has 1 fully saturated rings. The average molecular weight is 591 g/mol. The minimum absolute atomic E-state index is 0.0252. The lowest BCUT2D eigenvalue weighted by Gasteiger charge is -2.37. The monoisotopic (exact) mass is 590 g/mol. The standard InChI is InChI=1S/C33H38N2O6S/c1-21(2)29-33(16-17-34(29)31(38)41-32(3,4)5)26-12-7-8-13-27(26)35(30(33)37)25-11-9-10-22(18-25)23-14-15-24(20-36)28(19-23)42(6,39)40/h7-15,18-19,21,29,36H,16-17,20H2,1-6H3/t29?,33-/m0/s1. The second-order valence-electron chi connectivity index (χ2n) is 12.5. The molecular formula is C33H38N2O6S. The number of ether oxygens (including phenoxy) is 1. The third-order valence-corrected chi connectivity index (χ3v) is 9.31. The van der Waals surface area contributed by atoms with Gasteiger partial charge < -0.3 is 14.7 Å². The van der Waals surface area contributed by atoms with Crippen LogP contribution >= 0.6 is 0 Å². The summed E-state index contributed by atoms with van der Waals surface area (Å²) in [6.07, 6.45) is 1.17. The molecule has 0 saturated carbocycles.